The molecule has 0 aromatic carbocycles. The van der Waals surface area contributed by atoms with Crippen LogP contribution in [0.4, 0.5) is 0 Å². The minimum Gasteiger partial charge on any atom is -0.392 e. The van der Waals surface area contributed by atoms with Crippen LogP contribution in [-0.2, 0) is 0 Å². The summed E-state index contributed by atoms with van der Waals surface area (Å²) in [6, 6.07) is 0. The Morgan fingerprint density at radius 1 is 1.47 bits per heavy atom. The van der Waals surface area contributed by atoms with E-state index in [4.69, 9.17) is 0 Å². The van der Waals surface area contributed by atoms with Gasteiger partial charge in [-0.1, -0.05) is 0 Å². The molecular weight excluding hydrogens is 312 g/mol. The number of carbonyl (C=O) groups is 1. The normalized spacial score (nSPS) is 18.6. The molecule has 1 atom stereocenters. The summed E-state index contributed by atoms with van der Waals surface area (Å²) in [5.74, 6) is -0.0482. The highest BCUT2D eigenvalue weighted by Crippen LogP contribution is 2.20. The number of rotatable bonds is 3. The lowest BCUT2D eigenvalue weighted by molar-refractivity contribution is 0.0548. The largest absolute Gasteiger partial charge is 0.392 e. The molecule has 2 N–H and O–H groups in total. The van der Waals surface area contributed by atoms with E-state index in [0.29, 0.717) is 25.3 Å². The van der Waals surface area contributed by atoms with Gasteiger partial charge in [0.25, 0.3) is 5.91 Å². The summed E-state index contributed by atoms with van der Waals surface area (Å²) in [5, 5.41) is 16.2. The fourth-order valence-corrected chi connectivity index (χ4v) is 2.56. The lowest BCUT2D eigenvalue weighted by Crippen LogP contribution is -2.50. The van der Waals surface area contributed by atoms with Crippen molar-refractivity contribution >= 4 is 21.8 Å². The second-order valence-electron chi connectivity index (χ2n) is 4.95. The summed E-state index contributed by atoms with van der Waals surface area (Å²) < 4.78 is 0.740. The summed E-state index contributed by atoms with van der Waals surface area (Å²) >= 11 is 3.38. The average molecular weight is 331 g/mol. The van der Waals surface area contributed by atoms with E-state index in [-0.39, 0.29) is 12.0 Å². The number of aliphatic hydroxyl groups is 1. The van der Waals surface area contributed by atoms with Crippen molar-refractivity contribution in [1.82, 2.24) is 20.0 Å². The molecule has 1 aliphatic rings. The Morgan fingerprint density at radius 3 is 2.58 bits per heavy atom. The van der Waals surface area contributed by atoms with Crippen LogP contribution in [-0.4, -0.2) is 69.8 Å². The summed E-state index contributed by atoms with van der Waals surface area (Å²) in [6.45, 7) is 7.23. The van der Waals surface area contributed by atoms with Gasteiger partial charge in [0.15, 0.2) is 5.69 Å². The molecule has 2 heterocycles. The first-order valence-corrected chi connectivity index (χ1v) is 7.18. The maximum Gasteiger partial charge on any atom is 0.275 e. The molecule has 1 aromatic heterocycles. The quantitative estimate of drug-likeness (QED) is 0.852. The van der Waals surface area contributed by atoms with Crippen molar-refractivity contribution in [3.63, 3.8) is 0 Å². The lowest BCUT2D eigenvalue weighted by Gasteiger charge is -2.34. The zero-order chi connectivity index (χ0) is 14.0. The van der Waals surface area contributed by atoms with Gasteiger partial charge >= 0.3 is 0 Å². The number of aromatic amines is 1. The third-order valence-electron chi connectivity index (χ3n) is 3.26. The summed E-state index contributed by atoms with van der Waals surface area (Å²) in [7, 11) is 0. The molecule has 6 nitrogen and oxygen atoms in total. The highest BCUT2D eigenvalue weighted by atomic mass is 79.9. The van der Waals surface area contributed by atoms with Gasteiger partial charge in [-0.3, -0.25) is 14.8 Å². The van der Waals surface area contributed by atoms with Crippen LogP contribution in [0.15, 0.2) is 4.47 Å². The number of amides is 1. The van der Waals surface area contributed by atoms with Crippen LogP contribution >= 0.6 is 15.9 Å². The summed E-state index contributed by atoms with van der Waals surface area (Å²) in [6.07, 6.45) is -0.328. The molecule has 1 amide bonds. The maximum atomic E-state index is 12.3. The molecule has 1 aromatic rings. The number of piperazine rings is 1. The Balaban J connectivity index is 1.94. The number of β-amino-alcohol motifs (C(OH)–C–C–N with tert-alkyl or cyclic N) is 1. The Hall–Kier alpha value is -0.920. The highest BCUT2D eigenvalue weighted by molar-refractivity contribution is 9.10. The van der Waals surface area contributed by atoms with E-state index < -0.39 is 0 Å². The molecule has 0 radical (unpaired) electrons. The topological polar surface area (TPSA) is 72.5 Å². The number of nitrogens with one attached hydrogen (secondary N) is 1. The van der Waals surface area contributed by atoms with Gasteiger partial charge in [0.1, 0.15) is 0 Å². The summed E-state index contributed by atoms with van der Waals surface area (Å²) in [5.41, 5.74) is 1.30. The van der Waals surface area contributed by atoms with Gasteiger partial charge in [-0.05, 0) is 29.8 Å². The molecule has 7 heteroatoms. The number of aliphatic hydroxyl groups excluding tert-OH is 1. The van der Waals surface area contributed by atoms with Gasteiger partial charge in [0, 0.05) is 38.4 Å². The van der Waals surface area contributed by atoms with Crippen LogP contribution in [0.25, 0.3) is 0 Å². The Morgan fingerprint density at radius 2 is 2.11 bits per heavy atom. The number of aryl methyl sites for hydroxylation is 1. The van der Waals surface area contributed by atoms with Crippen LogP contribution in [0.1, 0.15) is 23.1 Å². The van der Waals surface area contributed by atoms with Crippen LogP contribution in [0.3, 0.4) is 0 Å². The van der Waals surface area contributed by atoms with Crippen LogP contribution < -0.4 is 0 Å². The Labute approximate surface area is 120 Å². The Bertz CT molecular complexity index is 453. The molecule has 0 unspecified atom stereocenters. The van der Waals surface area contributed by atoms with Crippen molar-refractivity contribution in [3.8, 4) is 0 Å². The number of hydrogen-bond donors (Lipinski definition) is 2. The van der Waals surface area contributed by atoms with Crippen molar-refractivity contribution in [1.29, 1.82) is 0 Å². The van der Waals surface area contributed by atoms with E-state index in [2.05, 4.69) is 31.0 Å². The minimum atomic E-state index is -0.328. The molecule has 0 aliphatic carbocycles. The third-order valence-corrected chi connectivity index (χ3v) is 4.23. The zero-order valence-electron chi connectivity index (χ0n) is 11.2. The number of aromatic nitrogens is 2. The molecule has 1 saturated heterocycles. The van der Waals surface area contributed by atoms with Gasteiger partial charge in [-0.15, -0.1) is 0 Å². The van der Waals surface area contributed by atoms with Gasteiger partial charge in [-0.2, -0.15) is 5.10 Å². The molecule has 19 heavy (non-hydrogen) atoms. The van der Waals surface area contributed by atoms with Crippen LogP contribution in [0.2, 0.25) is 0 Å². The predicted octanol–water partition coefficient (Wildman–Crippen LogP) is 0.619. The second kappa shape index (κ2) is 6.02. The first-order chi connectivity index (χ1) is 8.99. The zero-order valence-corrected chi connectivity index (χ0v) is 12.8. The van der Waals surface area contributed by atoms with Crippen LogP contribution in [0.5, 0.6) is 0 Å². The van der Waals surface area contributed by atoms with Gasteiger partial charge in [0.2, 0.25) is 0 Å². The van der Waals surface area contributed by atoms with E-state index in [9.17, 15) is 9.90 Å². The molecule has 106 valence electrons. The fraction of sp³-hybridized carbons (Fsp3) is 0.667. The average Bonchev–Trinajstić information content (AvgIpc) is 2.69. The number of halogens is 1. The van der Waals surface area contributed by atoms with Crippen molar-refractivity contribution in [2.75, 3.05) is 32.7 Å². The van der Waals surface area contributed by atoms with Gasteiger partial charge < -0.3 is 10.0 Å². The third kappa shape index (κ3) is 3.34. The summed E-state index contributed by atoms with van der Waals surface area (Å²) in [4.78, 5) is 16.3. The number of hydrogen-bond acceptors (Lipinski definition) is 4. The molecule has 1 fully saturated rings. The second-order valence-corrected chi connectivity index (χ2v) is 5.75. The monoisotopic (exact) mass is 330 g/mol. The van der Waals surface area contributed by atoms with Crippen LogP contribution in [0, 0.1) is 6.92 Å². The van der Waals surface area contributed by atoms with E-state index in [0.717, 1.165) is 23.3 Å². The predicted molar refractivity (Wildman–Crippen MR) is 75.0 cm³/mol. The first kappa shape index (κ1) is 14.5. The minimum absolute atomic E-state index is 0.0482. The maximum absolute atomic E-state index is 12.3. The molecule has 0 spiro atoms. The molecule has 1 aliphatic heterocycles. The van der Waals surface area contributed by atoms with Gasteiger partial charge in [-0.25, -0.2) is 0 Å². The number of H-pyrrole nitrogens is 1. The standard InChI is InChI=1S/C12H19BrN4O2/c1-8(18)7-16-3-5-17(6-4-16)12(19)11-10(13)9(2)14-15-11/h8,18H,3-7H2,1-2H3,(H,14,15)/t8-/m1/s1. The highest BCUT2D eigenvalue weighted by Gasteiger charge is 2.26. The van der Waals surface area contributed by atoms with Crippen molar-refractivity contribution in [2.24, 2.45) is 0 Å². The smallest absolute Gasteiger partial charge is 0.275 e. The lowest BCUT2D eigenvalue weighted by atomic mass is 10.2. The fourth-order valence-electron chi connectivity index (χ4n) is 2.21. The van der Waals surface area contributed by atoms with Crippen molar-refractivity contribution in [3.05, 3.63) is 15.9 Å². The number of carbonyl (C=O) groups excluding carboxylic acids is 1. The van der Waals surface area contributed by atoms with E-state index in [1.807, 2.05) is 6.92 Å². The molecule has 2 rings (SSSR count). The van der Waals surface area contributed by atoms with E-state index >= 15 is 0 Å². The van der Waals surface area contributed by atoms with Crippen molar-refractivity contribution in [2.45, 2.75) is 20.0 Å². The molecular formula is C12H19BrN4O2. The molecule has 0 bridgehead atoms. The van der Waals surface area contributed by atoms with Crippen molar-refractivity contribution < 1.29 is 9.90 Å². The number of nitrogens with zero attached hydrogens (tertiary/aromatic N) is 3. The van der Waals surface area contributed by atoms with Gasteiger partial charge in [0.05, 0.1) is 10.6 Å². The Kier molecular flexibility index (Phi) is 4.59. The van der Waals surface area contributed by atoms with E-state index in [1.54, 1.807) is 11.8 Å². The first-order valence-electron chi connectivity index (χ1n) is 6.39. The molecule has 0 saturated carbocycles. The van der Waals surface area contributed by atoms with E-state index in [1.165, 1.54) is 0 Å². The SMILES string of the molecule is Cc1[nH]nc(C(=O)N2CCN(C[C@@H](C)O)CC2)c1Br.